The molecule has 1 fully saturated rings. The summed E-state index contributed by atoms with van der Waals surface area (Å²) >= 11 is 6.25. The molecule has 0 aliphatic carbocycles. The molecule has 0 radical (unpaired) electrons. The van der Waals surface area contributed by atoms with Crippen LogP contribution in [0.2, 0.25) is 5.02 Å². The number of hydrogen-bond acceptors (Lipinski definition) is 4. The number of carbonyl (C=O) groups excluding carboxylic acids is 1. The molecule has 2 aliphatic rings. The highest BCUT2D eigenvalue weighted by atomic mass is 35.5. The minimum Gasteiger partial charge on any atom is -0.497 e. The van der Waals surface area contributed by atoms with Crippen LogP contribution in [0, 0.1) is 0 Å². The second kappa shape index (κ2) is 8.04. The lowest BCUT2D eigenvalue weighted by Crippen LogP contribution is -2.52. The highest BCUT2D eigenvalue weighted by Crippen LogP contribution is 2.47. The second-order valence-electron chi connectivity index (χ2n) is 7.48. The smallest absolute Gasteiger partial charge is 0.329 e. The largest absolute Gasteiger partial charge is 0.497 e. The van der Waals surface area contributed by atoms with E-state index in [1.54, 1.807) is 30.2 Å². The van der Waals surface area contributed by atoms with E-state index in [1.807, 2.05) is 47.4 Å². The normalized spacial score (nSPS) is 15.1. The van der Waals surface area contributed by atoms with E-state index in [0.29, 0.717) is 35.3 Å². The molecule has 0 spiro atoms. The van der Waals surface area contributed by atoms with Crippen LogP contribution >= 0.6 is 11.6 Å². The minimum atomic E-state index is -0.0791. The van der Waals surface area contributed by atoms with Gasteiger partial charge in [-0.25, -0.2) is 4.79 Å². The van der Waals surface area contributed by atoms with Gasteiger partial charge in [-0.15, -0.1) is 0 Å². The van der Waals surface area contributed by atoms with Crippen molar-refractivity contribution in [3.8, 4) is 17.2 Å². The maximum absolute atomic E-state index is 13.6. The summed E-state index contributed by atoms with van der Waals surface area (Å²) in [5.74, 6) is 2.10. The number of fused-ring (bicyclic) bond motifs is 2. The van der Waals surface area contributed by atoms with Gasteiger partial charge in [0, 0.05) is 43.0 Å². The summed E-state index contributed by atoms with van der Waals surface area (Å²) in [6.45, 7) is 2.72. The van der Waals surface area contributed by atoms with Gasteiger partial charge in [-0.1, -0.05) is 29.8 Å². The molecule has 0 atom stereocenters. The number of halogens is 1. The Labute approximate surface area is 186 Å². The van der Waals surface area contributed by atoms with Crippen molar-refractivity contribution in [1.82, 2.24) is 4.90 Å². The Morgan fingerprint density at radius 3 is 2.48 bits per heavy atom. The highest BCUT2D eigenvalue weighted by molar-refractivity contribution is 6.31. The van der Waals surface area contributed by atoms with Crippen LogP contribution in [-0.4, -0.2) is 44.2 Å². The maximum Gasteiger partial charge on any atom is 0.329 e. The Bertz CT molecular complexity index is 1130. The van der Waals surface area contributed by atoms with Crippen molar-refractivity contribution in [3.63, 3.8) is 0 Å². The molecule has 0 saturated carbocycles. The van der Waals surface area contributed by atoms with Crippen LogP contribution in [0.4, 0.5) is 21.9 Å². The summed E-state index contributed by atoms with van der Waals surface area (Å²) in [4.78, 5) is 19.5. The van der Waals surface area contributed by atoms with E-state index in [4.69, 9.17) is 21.1 Å². The molecule has 0 bridgehead atoms. The SMILES string of the molecule is COc1cccc(N2CCN(C(=O)N3c4ccccc4Oc4ccc(Cl)cc43)CC2)c1. The number of urea groups is 1. The van der Waals surface area contributed by atoms with Gasteiger partial charge in [0.2, 0.25) is 0 Å². The minimum absolute atomic E-state index is 0.0791. The molecule has 0 aromatic heterocycles. The molecule has 6 nitrogen and oxygen atoms in total. The van der Waals surface area contributed by atoms with Gasteiger partial charge >= 0.3 is 6.03 Å². The van der Waals surface area contributed by atoms with Crippen molar-refractivity contribution in [2.45, 2.75) is 0 Å². The van der Waals surface area contributed by atoms with E-state index >= 15 is 0 Å². The monoisotopic (exact) mass is 435 g/mol. The zero-order valence-corrected chi connectivity index (χ0v) is 17.9. The first kappa shape index (κ1) is 19.6. The molecule has 0 unspecified atom stereocenters. The van der Waals surface area contributed by atoms with Crippen molar-refractivity contribution >= 4 is 34.7 Å². The molecule has 1 saturated heterocycles. The first-order valence-electron chi connectivity index (χ1n) is 10.2. The molecule has 158 valence electrons. The Morgan fingerprint density at radius 1 is 0.903 bits per heavy atom. The number of ether oxygens (including phenoxy) is 2. The highest BCUT2D eigenvalue weighted by Gasteiger charge is 2.33. The molecule has 2 aliphatic heterocycles. The molecular formula is C24H22ClN3O3. The topological polar surface area (TPSA) is 45.2 Å². The second-order valence-corrected chi connectivity index (χ2v) is 7.91. The van der Waals surface area contributed by atoms with Gasteiger partial charge < -0.3 is 19.3 Å². The van der Waals surface area contributed by atoms with Crippen molar-refractivity contribution < 1.29 is 14.3 Å². The quantitative estimate of drug-likeness (QED) is 0.530. The Kier molecular flexibility index (Phi) is 5.08. The van der Waals surface area contributed by atoms with Crippen molar-refractivity contribution in [2.75, 3.05) is 43.1 Å². The van der Waals surface area contributed by atoms with Crippen LogP contribution < -0.4 is 19.3 Å². The van der Waals surface area contributed by atoms with Crippen LogP contribution in [-0.2, 0) is 0 Å². The van der Waals surface area contributed by atoms with Gasteiger partial charge in [0.15, 0.2) is 11.5 Å². The van der Waals surface area contributed by atoms with Crippen molar-refractivity contribution in [2.24, 2.45) is 0 Å². The van der Waals surface area contributed by atoms with E-state index in [2.05, 4.69) is 11.0 Å². The first-order valence-corrected chi connectivity index (χ1v) is 10.6. The maximum atomic E-state index is 13.6. The number of benzene rings is 3. The van der Waals surface area contributed by atoms with Gasteiger partial charge in [-0.2, -0.15) is 0 Å². The summed E-state index contributed by atoms with van der Waals surface area (Å²) in [6, 6.07) is 20.8. The summed E-state index contributed by atoms with van der Waals surface area (Å²) in [7, 11) is 1.67. The molecule has 5 rings (SSSR count). The Hall–Kier alpha value is -3.38. The summed E-state index contributed by atoms with van der Waals surface area (Å²) in [5, 5.41) is 0.558. The number of methoxy groups -OCH3 is 1. The average molecular weight is 436 g/mol. The van der Waals surface area contributed by atoms with Gasteiger partial charge in [0.05, 0.1) is 18.5 Å². The Morgan fingerprint density at radius 2 is 1.68 bits per heavy atom. The van der Waals surface area contributed by atoms with Crippen LogP contribution in [0.25, 0.3) is 0 Å². The molecular weight excluding hydrogens is 414 g/mol. The lowest BCUT2D eigenvalue weighted by Gasteiger charge is -2.40. The molecule has 31 heavy (non-hydrogen) atoms. The van der Waals surface area contributed by atoms with Gasteiger partial charge in [-0.05, 0) is 42.5 Å². The van der Waals surface area contributed by atoms with Crippen LogP contribution in [0.15, 0.2) is 66.7 Å². The summed E-state index contributed by atoms with van der Waals surface area (Å²) < 4.78 is 11.3. The van der Waals surface area contributed by atoms with Gasteiger partial charge in [0.25, 0.3) is 0 Å². The van der Waals surface area contributed by atoms with E-state index in [-0.39, 0.29) is 6.03 Å². The third-order valence-electron chi connectivity index (χ3n) is 5.65. The molecule has 7 heteroatoms. The fourth-order valence-corrected chi connectivity index (χ4v) is 4.20. The van der Waals surface area contributed by atoms with Crippen molar-refractivity contribution in [1.29, 1.82) is 0 Å². The third kappa shape index (κ3) is 3.64. The molecule has 0 N–H and O–H groups in total. The number of amides is 2. The third-order valence-corrected chi connectivity index (χ3v) is 5.88. The van der Waals surface area contributed by atoms with E-state index in [0.717, 1.165) is 30.2 Å². The number of nitrogens with zero attached hydrogens (tertiary/aromatic N) is 3. The standard InChI is InChI=1S/C24H22ClN3O3/c1-30-19-6-4-5-18(16-19)26-11-13-27(14-12-26)24(29)28-20-7-2-3-8-22(20)31-23-10-9-17(25)15-21(23)28/h2-10,15-16H,11-14H2,1H3. The molecule has 3 aromatic rings. The predicted octanol–water partition coefficient (Wildman–Crippen LogP) is 5.53. The van der Waals surface area contributed by atoms with E-state index < -0.39 is 0 Å². The molecule has 2 heterocycles. The molecule has 3 aromatic carbocycles. The van der Waals surface area contributed by atoms with Gasteiger partial charge in [0.1, 0.15) is 5.75 Å². The van der Waals surface area contributed by atoms with Crippen LogP contribution in [0.1, 0.15) is 0 Å². The Balaban J connectivity index is 1.39. The number of anilines is 3. The average Bonchev–Trinajstić information content (AvgIpc) is 2.82. The fourth-order valence-electron chi connectivity index (χ4n) is 4.04. The predicted molar refractivity (Wildman–Crippen MR) is 122 cm³/mol. The van der Waals surface area contributed by atoms with Crippen molar-refractivity contribution in [3.05, 3.63) is 71.8 Å². The van der Waals surface area contributed by atoms with E-state index in [9.17, 15) is 4.79 Å². The summed E-state index contributed by atoms with van der Waals surface area (Å²) in [6.07, 6.45) is 0. The lowest BCUT2D eigenvalue weighted by molar-refractivity contribution is 0.203. The lowest BCUT2D eigenvalue weighted by atomic mass is 10.1. The molecule has 2 amide bonds. The van der Waals surface area contributed by atoms with Crippen LogP contribution in [0.5, 0.6) is 17.2 Å². The van der Waals surface area contributed by atoms with E-state index in [1.165, 1.54) is 0 Å². The number of hydrogen-bond donors (Lipinski definition) is 0. The number of piperazine rings is 1. The van der Waals surface area contributed by atoms with Gasteiger partial charge in [-0.3, -0.25) is 4.90 Å². The summed E-state index contributed by atoms with van der Waals surface area (Å²) in [5.41, 5.74) is 2.48. The number of rotatable bonds is 2. The zero-order valence-electron chi connectivity index (χ0n) is 17.1. The van der Waals surface area contributed by atoms with Crippen LogP contribution in [0.3, 0.4) is 0 Å². The zero-order chi connectivity index (χ0) is 21.4. The fraction of sp³-hybridized carbons (Fsp3) is 0.208. The number of para-hydroxylation sites is 2. The first-order chi connectivity index (χ1) is 15.1. The number of carbonyl (C=O) groups is 1.